The molecule has 4 atom stereocenters. The molecule has 0 aromatic heterocycles. The Morgan fingerprint density at radius 3 is 2.57 bits per heavy atom. The molecule has 0 bridgehead atoms. The largest absolute Gasteiger partial charge is 0.490 e. The summed E-state index contributed by atoms with van der Waals surface area (Å²) in [7, 11) is 0. The van der Waals surface area contributed by atoms with Crippen LogP contribution in [0.4, 0.5) is 0 Å². The van der Waals surface area contributed by atoms with Crippen LogP contribution in [0.25, 0.3) is 0 Å². The van der Waals surface area contributed by atoms with Gasteiger partial charge in [-0.3, -0.25) is 0 Å². The lowest BCUT2D eigenvalue weighted by molar-refractivity contribution is -0.915. The van der Waals surface area contributed by atoms with Gasteiger partial charge in [0.1, 0.15) is 25.0 Å². The molecule has 1 unspecified atom stereocenters. The predicted octanol–water partition coefficient (Wildman–Crippen LogP) is 1.60. The fourth-order valence-electron chi connectivity index (χ4n) is 3.55. The molecule has 118 valence electrons. The van der Waals surface area contributed by atoms with Gasteiger partial charge in [0.2, 0.25) is 0 Å². The summed E-state index contributed by atoms with van der Waals surface area (Å²) in [6, 6.07) is 6.07. The van der Waals surface area contributed by atoms with Crippen LogP contribution in [0.2, 0.25) is 0 Å². The second-order valence-corrected chi connectivity index (χ2v) is 6.97. The van der Waals surface area contributed by atoms with Crippen LogP contribution in [0, 0.1) is 25.7 Å². The maximum Gasteiger partial charge on any atom is 0.137 e. The van der Waals surface area contributed by atoms with Crippen molar-refractivity contribution < 1.29 is 14.7 Å². The number of ether oxygens (including phenoxy) is 1. The number of likely N-dealkylation sites (tertiary alicyclic amines) is 1. The fourth-order valence-corrected chi connectivity index (χ4v) is 3.55. The van der Waals surface area contributed by atoms with Crippen molar-refractivity contribution in [2.45, 2.75) is 40.2 Å². The van der Waals surface area contributed by atoms with Crippen LogP contribution in [-0.4, -0.2) is 37.5 Å². The van der Waals surface area contributed by atoms with Gasteiger partial charge in [0.15, 0.2) is 0 Å². The van der Waals surface area contributed by atoms with Gasteiger partial charge in [-0.2, -0.15) is 0 Å². The number of aliphatic hydroxyl groups is 1. The zero-order valence-electron chi connectivity index (χ0n) is 13.9. The molecular formula is C18H30NO2+. The standard InChI is InChI=1S/C18H29NO2/c1-13-8-14(2)10-19(9-13)11-17(20)12-21-18-7-5-6-15(3)16(18)4/h5-7,13-14,17,20H,8-12H2,1-4H3/p+1/t13-,14+,17-/m0/s1. The summed E-state index contributed by atoms with van der Waals surface area (Å²) in [6.45, 7) is 12.3. The Morgan fingerprint density at radius 1 is 1.24 bits per heavy atom. The first-order valence-corrected chi connectivity index (χ1v) is 8.16. The third-order valence-electron chi connectivity index (χ3n) is 4.59. The second-order valence-electron chi connectivity index (χ2n) is 6.97. The van der Waals surface area contributed by atoms with E-state index in [9.17, 15) is 5.11 Å². The molecule has 0 aliphatic carbocycles. The monoisotopic (exact) mass is 292 g/mol. The number of quaternary nitrogens is 1. The first-order valence-electron chi connectivity index (χ1n) is 8.16. The number of aliphatic hydroxyl groups excluding tert-OH is 1. The summed E-state index contributed by atoms with van der Waals surface area (Å²) in [5, 5.41) is 10.2. The van der Waals surface area contributed by atoms with Gasteiger partial charge in [-0.1, -0.05) is 26.0 Å². The molecule has 2 N–H and O–H groups in total. The van der Waals surface area contributed by atoms with Gasteiger partial charge in [-0.05, 0) is 37.5 Å². The molecule has 3 nitrogen and oxygen atoms in total. The van der Waals surface area contributed by atoms with E-state index in [4.69, 9.17) is 4.74 Å². The normalized spacial score (nSPS) is 27.4. The minimum Gasteiger partial charge on any atom is -0.490 e. The number of nitrogens with one attached hydrogen (secondary N) is 1. The molecule has 1 aromatic carbocycles. The number of rotatable bonds is 5. The van der Waals surface area contributed by atoms with Gasteiger partial charge in [0.05, 0.1) is 13.1 Å². The van der Waals surface area contributed by atoms with Crippen LogP contribution >= 0.6 is 0 Å². The summed E-state index contributed by atoms with van der Waals surface area (Å²) in [6.07, 6.45) is 0.927. The highest BCUT2D eigenvalue weighted by molar-refractivity contribution is 5.38. The fraction of sp³-hybridized carbons (Fsp3) is 0.667. The van der Waals surface area contributed by atoms with E-state index >= 15 is 0 Å². The Bertz CT molecular complexity index is 451. The van der Waals surface area contributed by atoms with Gasteiger partial charge in [-0.15, -0.1) is 0 Å². The predicted molar refractivity (Wildman–Crippen MR) is 85.9 cm³/mol. The molecule has 0 spiro atoms. The van der Waals surface area contributed by atoms with Crippen LogP contribution in [-0.2, 0) is 0 Å². The van der Waals surface area contributed by atoms with Crippen molar-refractivity contribution in [3.63, 3.8) is 0 Å². The molecule has 1 fully saturated rings. The number of benzene rings is 1. The molecular weight excluding hydrogens is 262 g/mol. The molecule has 1 aliphatic rings. The van der Waals surface area contributed by atoms with E-state index < -0.39 is 6.10 Å². The van der Waals surface area contributed by atoms with Crippen LogP contribution in [0.3, 0.4) is 0 Å². The van der Waals surface area contributed by atoms with Crippen LogP contribution in [0.1, 0.15) is 31.4 Å². The van der Waals surface area contributed by atoms with Crippen molar-refractivity contribution in [3.05, 3.63) is 29.3 Å². The molecule has 1 heterocycles. The molecule has 1 aliphatic heterocycles. The Balaban J connectivity index is 1.82. The highest BCUT2D eigenvalue weighted by Gasteiger charge is 2.26. The van der Waals surface area contributed by atoms with E-state index in [1.165, 1.54) is 30.0 Å². The first-order chi connectivity index (χ1) is 9.95. The topological polar surface area (TPSA) is 33.9 Å². The summed E-state index contributed by atoms with van der Waals surface area (Å²) in [5.74, 6) is 2.41. The molecule has 3 heteroatoms. The van der Waals surface area contributed by atoms with Gasteiger partial charge < -0.3 is 14.7 Å². The van der Waals surface area contributed by atoms with E-state index in [-0.39, 0.29) is 0 Å². The SMILES string of the molecule is Cc1cccc(OC[C@@H](O)C[NH+]2C[C@H](C)C[C@H](C)C2)c1C. The summed E-state index contributed by atoms with van der Waals surface area (Å²) < 4.78 is 5.81. The highest BCUT2D eigenvalue weighted by Crippen LogP contribution is 2.20. The lowest BCUT2D eigenvalue weighted by atomic mass is 9.92. The van der Waals surface area contributed by atoms with Crippen molar-refractivity contribution in [2.75, 3.05) is 26.2 Å². The lowest BCUT2D eigenvalue weighted by Gasteiger charge is -2.33. The van der Waals surface area contributed by atoms with E-state index in [2.05, 4.69) is 33.8 Å². The van der Waals surface area contributed by atoms with Crippen molar-refractivity contribution in [3.8, 4) is 5.75 Å². The van der Waals surface area contributed by atoms with Crippen LogP contribution in [0.5, 0.6) is 5.75 Å². The molecule has 2 rings (SSSR count). The molecule has 0 saturated carbocycles. The number of piperidine rings is 1. The Morgan fingerprint density at radius 2 is 1.90 bits per heavy atom. The average molecular weight is 292 g/mol. The minimum atomic E-state index is -0.391. The van der Waals surface area contributed by atoms with E-state index in [1.54, 1.807) is 0 Å². The van der Waals surface area contributed by atoms with Gasteiger partial charge in [0, 0.05) is 11.8 Å². The highest BCUT2D eigenvalue weighted by atomic mass is 16.5. The molecule has 1 saturated heterocycles. The summed E-state index contributed by atoms with van der Waals surface area (Å²) in [4.78, 5) is 1.51. The van der Waals surface area contributed by atoms with E-state index in [0.29, 0.717) is 6.61 Å². The van der Waals surface area contributed by atoms with E-state index in [1.807, 2.05) is 12.1 Å². The quantitative estimate of drug-likeness (QED) is 0.864. The third-order valence-corrected chi connectivity index (χ3v) is 4.59. The lowest BCUT2D eigenvalue weighted by Crippen LogP contribution is -3.15. The molecule has 0 amide bonds. The Kier molecular flexibility index (Phi) is 5.65. The second kappa shape index (κ2) is 7.28. The molecule has 1 aromatic rings. The Labute approximate surface area is 128 Å². The smallest absolute Gasteiger partial charge is 0.137 e. The maximum absolute atomic E-state index is 10.2. The number of hydrogen-bond donors (Lipinski definition) is 2. The summed E-state index contributed by atoms with van der Waals surface area (Å²) >= 11 is 0. The average Bonchev–Trinajstić information content (AvgIpc) is 2.39. The first kappa shape index (κ1) is 16.3. The Hall–Kier alpha value is -1.06. The third kappa shape index (κ3) is 4.72. The number of hydrogen-bond acceptors (Lipinski definition) is 2. The number of aryl methyl sites for hydroxylation is 1. The van der Waals surface area contributed by atoms with E-state index in [0.717, 1.165) is 29.7 Å². The van der Waals surface area contributed by atoms with Crippen LogP contribution < -0.4 is 9.64 Å². The maximum atomic E-state index is 10.2. The van der Waals surface area contributed by atoms with Gasteiger partial charge in [0.25, 0.3) is 0 Å². The van der Waals surface area contributed by atoms with Crippen molar-refractivity contribution in [2.24, 2.45) is 11.8 Å². The summed E-state index contributed by atoms with van der Waals surface area (Å²) in [5.41, 5.74) is 2.39. The van der Waals surface area contributed by atoms with Crippen molar-refractivity contribution in [1.29, 1.82) is 0 Å². The van der Waals surface area contributed by atoms with Gasteiger partial charge in [-0.25, -0.2) is 0 Å². The zero-order chi connectivity index (χ0) is 15.4. The van der Waals surface area contributed by atoms with Crippen molar-refractivity contribution >= 4 is 0 Å². The van der Waals surface area contributed by atoms with Crippen molar-refractivity contribution in [1.82, 2.24) is 0 Å². The van der Waals surface area contributed by atoms with Gasteiger partial charge >= 0.3 is 0 Å². The zero-order valence-corrected chi connectivity index (χ0v) is 13.9. The molecule has 0 radical (unpaired) electrons. The minimum absolute atomic E-state index is 0.385. The molecule has 21 heavy (non-hydrogen) atoms. The van der Waals surface area contributed by atoms with Crippen LogP contribution in [0.15, 0.2) is 18.2 Å².